The summed E-state index contributed by atoms with van der Waals surface area (Å²) in [4.78, 5) is 18.3. The van der Waals surface area contributed by atoms with Gasteiger partial charge in [-0.15, -0.1) is 11.3 Å². The van der Waals surface area contributed by atoms with Gasteiger partial charge in [0.2, 0.25) is 15.9 Å². The zero-order chi connectivity index (χ0) is 19.4. The minimum absolute atomic E-state index is 0.132. The number of nitrogens with zero attached hydrogens (tertiary/aromatic N) is 2. The number of thiazole rings is 1. The minimum atomic E-state index is -3.96. The molecule has 1 aromatic carbocycles. The Bertz CT molecular complexity index is 908. The molecule has 2 aromatic rings. The number of rotatable bonds is 7. The summed E-state index contributed by atoms with van der Waals surface area (Å²) in [6, 6.07) is 3.19. The Morgan fingerprint density at radius 1 is 1.44 bits per heavy atom. The van der Waals surface area contributed by atoms with Gasteiger partial charge in [-0.1, -0.05) is 11.6 Å². The first-order valence-corrected chi connectivity index (χ1v) is 11.0. The molecule has 0 aliphatic carbocycles. The number of aromatic nitrogens is 1. The van der Waals surface area contributed by atoms with Gasteiger partial charge in [-0.25, -0.2) is 22.5 Å². The monoisotopic (exact) mass is 432 g/mol. The molecule has 7 nitrogen and oxygen atoms in total. The summed E-state index contributed by atoms with van der Waals surface area (Å²) in [6.45, 7) is 0.871. The predicted octanol–water partition coefficient (Wildman–Crippen LogP) is 2.00. The van der Waals surface area contributed by atoms with Gasteiger partial charge in [-0.3, -0.25) is 4.79 Å². The first-order chi connectivity index (χ1) is 12.9. The van der Waals surface area contributed by atoms with Crippen LogP contribution in [0.3, 0.4) is 0 Å². The molecular weight excluding hydrogens is 415 g/mol. The van der Waals surface area contributed by atoms with Gasteiger partial charge in [-0.2, -0.15) is 0 Å². The molecule has 11 heteroatoms. The summed E-state index contributed by atoms with van der Waals surface area (Å²) in [5.41, 5.74) is 0. The zero-order valence-corrected chi connectivity index (χ0v) is 16.6. The number of sulfonamides is 1. The summed E-state index contributed by atoms with van der Waals surface area (Å²) in [7, 11) is -3.96. The van der Waals surface area contributed by atoms with Crippen LogP contribution in [0.2, 0.25) is 5.02 Å². The van der Waals surface area contributed by atoms with Gasteiger partial charge in [0, 0.05) is 30.7 Å². The van der Waals surface area contributed by atoms with E-state index in [4.69, 9.17) is 11.6 Å². The second kappa shape index (κ2) is 8.51. The van der Waals surface area contributed by atoms with E-state index in [1.807, 2.05) is 5.38 Å². The fourth-order valence-corrected chi connectivity index (χ4v) is 4.83. The fraction of sp³-hybridized carbons (Fsp3) is 0.375. The van der Waals surface area contributed by atoms with Gasteiger partial charge in [-0.05, 0) is 31.0 Å². The number of anilines is 1. The third-order valence-electron chi connectivity index (χ3n) is 4.20. The Morgan fingerprint density at radius 2 is 2.26 bits per heavy atom. The van der Waals surface area contributed by atoms with Crippen molar-refractivity contribution in [2.45, 2.75) is 23.8 Å². The van der Waals surface area contributed by atoms with Crippen LogP contribution in [0.25, 0.3) is 0 Å². The van der Waals surface area contributed by atoms with Crippen LogP contribution in [0.1, 0.15) is 12.8 Å². The van der Waals surface area contributed by atoms with Crippen LogP contribution in [0.5, 0.6) is 0 Å². The molecule has 1 fully saturated rings. The molecule has 0 radical (unpaired) electrons. The van der Waals surface area contributed by atoms with E-state index in [1.165, 1.54) is 0 Å². The zero-order valence-electron chi connectivity index (χ0n) is 14.2. The first kappa shape index (κ1) is 20.0. The maximum Gasteiger partial charge on any atom is 0.241 e. The molecule has 0 spiro atoms. The van der Waals surface area contributed by atoms with Crippen LogP contribution in [0, 0.1) is 5.82 Å². The van der Waals surface area contributed by atoms with E-state index in [0.717, 1.165) is 42.7 Å². The smallest absolute Gasteiger partial charge is 0.241 e. The van der Waals surface area contributed by atoms with Crippen molar-refractivity contribution in [2.24, 2.45) is 0 Å². The molecular formula is C16H18ClFN4O3S2. The van der Waals surface area contributed by atoms with Crippen molar-refractivity contribution in [1.29, 1.82) is 0 Å². The van der Waals surface area contributed by atoms with E-state index in [1.54, 1.807) is 17.5 Å². The summed E-state index contributed by atoms with van der Waals surface area (Å²) in [6.07, 6.45) is 3.68. The highest BCUT2D eigenvalue weighted by molar-refractivity contribution is 7.89. The Labute approximate surface area is 165 Å². The molecule has 1 atom stereocenters. The van der Waals surface area contributed by atoms with E-state index in [2.05, 4.69) is 19.9 Å². The predicted molar refractivity (Wildman–Crippen MR) is 102 cm³/mol. The molecule has 1 aliphatic heterocycles. The second-order valence-corrected chi connectivity index (χ2v) is 9.06. The molecule has 1 amide bonds. The summed E-state index contributed by atoms with van der Waals surface area (Å²) >= 11 is 7.15. The van der Waals surface area contributed by atoms with Crippen molar-refractivity contribution in [3.05, 3.63) is 40.6 Å². The molecule has 1 aliphatic rings. The van der Waals surface area contributed by atoms with Crippen molar-refractivity contribution in [1.82, 2.24) is 15.0 Å². The molecule has 0 saturated carbocycles. The number of carbonyl (C=O) groups excluding carboxylic acids is 1. The molecule has 1 unspecified atom stereocenters. The van der Waals surface area contributed by atoms with Crippen molar-refractivity contribution < 1.29 is 17.6 Å². The maximum atomic E-state index is 13.2. The van der Waals surface area contributed by atoms with Crippen LogP contribution in [0.15, 0.2) is 34.7 Å². The van der Waals surface area contributed by atoms with Crippen LogP contribution in [-0.2, 0) is 14.8 Å². The average molecular weight is 433 g/mol. The number of amides is 1. The fourth-order valence-electron chi connectivity index (χ4n) is 2.84. The second-order valence-electron chi connectivity index (χ2n) is 6.01. The first-order valence-electron chi connectivity index (χ1n) is 8.24. The van der Waals surface area contributed by atoms with Gasteiger partial charge in [0.1, 0.15) is 5.82 Å². The lowest BCUT2D eigenvalue weighted by atomic mass is 10.2. The van der Waals surface area contributed by atoms with E-state index >= 15 is 0 Å². The Kier molecular flexibility index (Phi) is 6.30. The van der Waals surface area contributed by atoms with Crippen molar-refractivity contribution in [3.63, 3.8) is 0 Å². The van der Waals surface area contributed by atoms with E-state index in [9.17, 15) is 17.6 Å². The molecule has 1 aromatic heterocycles. The van der Waals surface area contributed by atoms with Gasteiger partial charge >= 0.3 is 0 Å². The lowest BCUT2D eigenvalue weighted by molar-refractivity contribution is -0.120. The van der Waals surface area contributed by atoms with Gasteiger partial charge in [0.15, 0.2) is 5.13 Å². The van der Waals surface area contributed by atoms with Crippen molar-refractivity contribution in [3.8, 4) is 0 Å². The minimum Gasteiger partial charge on any atom is -0.353 e. The van der Waals surface area contributed by atoms with Crippen LogP contribution in [0.4, 0.5) is 9.52 Å². The lowest BCUT2D eigenvalue weighted by Crippen LogP contribution is -2.43. The van der Waals surface area contributed by atoms with E-state index in [-0.39, 0.29) is 16.0 Å². The molecule has 3 rings (SSSR count). The Hall–Kier alpha value is -1.75. The number of hydrogen-bond acceptors (Lipinski definition) is 6. The number of carbonyl (C=O) groups is 1. The molecule has 2 N–H and O–H groups in total. The lowest BCUT2D eigenvalue weighted by Gasteiger charge is -2.24. The third-order valence-corrected chi connectivity index (χ3v) is 6.70. The van der Waals surface area contributed by atoms with Crippen LogP contribution in [-0.4, -0.2) is 45.0 Å². The highest BCUT2D eigenvalue weighted by atomic mass is 35.5. The molecule has 0 bridgehead atoms. The number of halogens is 2. The quantitative estimate of drug-likeness (QED) is 0.698. The molecule has 27 heavy (non-hydrogen) atoms. The standard InChI is InChI=1S/C16H18ClFN4O3S2/c17-13-8-12(3-4-14(13)18)27(24,25)21-10-15(23)20-9-11-2-1-6-22(11)16-19-5-7-26-16/h3-5,7-8,11,21H,1-2,6,9-10H2,(H,20,23). The number of benzene rings is 1. The van der Waals surface area contributed by atoms with E-state index < -0.39 is 28.3 Å². The Morgan fingerprint density at radius 3 is 2.96 bits per heavy atom. The maximum absolute atomic E-state index is 13.2. The van der Waals surface area contributed by atoms with Crippen molar-refractivity contribution >= 4 is 44.0 Å². The highest BCUT2D eigenvalue weighted by Crippen LogP contribution is 2.26. The number of nitrogens with one attached hydrogen (secondary N) is 2. The largest absolute Gasteiger partial charge is 0.353 e. The Balaban J connectivity index is 1.51. The van der Waals surface area contributed by atoms with E-state index in [0.29, 0.717) is 6.54 Å². The molecule has 1 saturated heterocycles. The normalized spacial score (nSPS) is 17.3. The molecule has 146 valence electrons. The molecule has 2 heterocycles. The van der Waals surface area contributed by atoms with Crippen LogP contribution < -0.4 is 14.9 Å². The summed E-state index contributed by atoms with van der Waals surface area (Å²) in [5, 5.41) is 5.26. The SMILES string of the molecule is O=C(CNS(=O)(=O)c1ccc(F)c(Cl)c1)NCC1CCCN1c1nccs1. The van der Waals surface area contributed by atoms with Crippen molar-refractivity contribution in [2.75, 3.05) is 24.5 Å². The third kappa shape index (κ3) is 4.95. The highest BCUT2D eigenvalue weighted by Gasteiger charge is 2.26. The van der Waals surface area contributed by atoms with Gasteiger partial charge in [0.25, 0.3) is 0 Å². The number of hydrogen-bond donors (Lipinski definition) is 2. The average Bonchev–Trinajstić information content (AvgIpc) is 3.31. The summed E-state index contributed by atoms with van der Waals surface area (Å²) < 4.78 is 39.7. The summed E-state index contributed by atoms with van der Waals surface area (Å²) in [5.74, 6) is -1.16. The van der Waals surface area contributed by atoms with Gasteiger partial charge in [0.05, 0.1) is 16.5 Å². The van der Waals surface area contributed by atoms with Gasteiger partial charge < -0.3 is 10.2 Å². The topological polar surface area (TPSA) is 91.4 Å². The van der Waals surface area contributed by atoms with Crippen LogP contribution >= 0.6 is 22.9 Å².